The minimum absolute atomic E-state index is 0.125. The number of carbonyl (C=O) groups excluding carboxylic acids is 3. The van der Waals surface area contributed by atoms with E-state index in [0.717, 1.165) is 11.3 Å². The summed E-state index contributed by atoms with van der Waals surface area (Å²) in [6, 6.07) is 17.9. The smallest absolute Gasteiger partial charge is 0.340 e. The molecule has 1 heterocycles. The van der Waals surface area contributed by atoms with Crippen molar-refractivity contribution >= 4 is 29.2 Å². The second kappa shape index (κ2) is 12.2. The molecule has 0 fully saturated rings. The number of esters is 1. The monoisotopic (exact) mass is 463 g/mol. The lowest BCUT2D eigenvalue weighted by Gasteiger charge is -2.22. The first kappa shape index (κ1) is 24.6. The number of amides is 2. The van der Waals surface area contributed by atoms with Crippen LogP contribution in [0.25, 0.3) is 0 Å². The molecule has 0 radical (unpaired) electrons. The number of nitrogens with one attached hydrogen (secondary N) is 2. The van der Waals surface area contributed by atoms with Gasteiger partial charge in [-0.3, -0.25) is 9.59 Å². The van der Waals surface area contributed by atoms with Crippen molar-refractivity contribution in [2.75, 3.05) is 30.3 Å². The third-order valence-electron chi connectivity index (χ3n) is 5.11. The second-order valence-electron chi connectivity index (χ2n) is 7.73. The van der Waals surface area contributed by atoms with Gasteiger partial charge in [0, 0.05) is 17.9 Å². The van der Waals surface area contributed by atoms with Crippen LogP contribution in [0.2, 0.25) is 0 Å². The van der Waals surface area contributed by atoms with E-state index in [1.54, 1.807) is 42.7 Å². The van der Waals surface area contributed by atoms with Crippen molar-refractivity contribution < 1.29 is 23.5 Å². The number of carbonyl (C=O) groups is 3. The van der Waals surface area contributed by atoms with Gasteiger partial charge in [0.25, 0.3) is 5.91 Å². The number of rotatable bonds is 11. The van der Waals surface area contributed by atoms with Gasteiger partial charge < -0.3 is 24.7 Å². The molecule has 0 aliphatic heterocycles. The minimum Gasteiger partial charge on any atom is -0.467 e. The van der Waals surface area contributed by atoms with E-state index in [4.69, 9.17) is 9.15 Å². The highest BCUT2D eigenvalue weighted by Gasteiger charge is 2.20. The lowest BCUT2D eigenvalue weighted by molar-refractivity contribution is -0.137. The highest BCUT2D eigenvalue weighted by molar-refractivity contribution is 5.98. The van der Waals surface area contributed by atoms with E-state index >= 15 is 0 Å². The van der Waals surface area contributed by atoms with Crippen LogP contribution in [0.1, 0.15) is 35.0 Å². The molecule has 34 heavy (non-hydrogen) atoms. The molecule has 1 aromatic heterocycles. The fourth-order valence-electron chi connectivity index (χ4n) is 3.35. The Kier molecular flexibility index (Phi) is 8.85. The average molecular weight is 464 g/mol. The second-order valence-corrected chi connectivity index (χ2v) is 7.73. The van der Waals surface area contributed by atoms with Gasteiger partial charge in [0.05, 0.1) is 24.9 Å². The van der Waals surface area contributed by atoms with Crippen molar-refractivity contribution in [1.29, 1.82) is 0 Å². The molecule has 8 nitrogen and oxygen atoms in total. The molecule has 2 amide bonds. The van der Waals surface area contributed by atoms with Gasteiger partial charge in [0.15, 0.2) is 6.61 Å². The first-order valence-corrected chi connectivity index (χ1v) is 11.1. The maximum absolute atomic E-state index is 12.7. The van der Waals surface area contributed by atoms with Crippen LogP contribution in [0.15, 0.2) is 71.3 Å². The van der Waals surface area contributed by atoms with Gasteiger partial charge in [-0.1, -0.05) is 37.3 Å². The van der Waals surface area contributed by atoms with Crippen molar-refractivity contribution in [3.8, 4) is 0 Å². The summed E-state index contributed by atoms with van der Waals surface area (Å²) in [6.07, 6.45) is 2.24. The molecule has 0 bridgehead atoms. The zero-order valence-corrected chi connectivity index (χ0v) is 19.4. The summed E-state index contributed by atoms with van der Waals surface area (Å²) >= 11 is 0. The van der Waals surface area contributed by atoms with E-state index in [2.05, 4.69) is 10.6 Å². The molecular weight excluding hydrogens is 434 g/mol. The normalized spacial score (nSPS) is 10.4. The summed E-state index contributed by atoms with van der Waals surface area (Å²) in [5.74, 6) is -0.653. The zero-order valence-electron chi connectivity index (χ0n) is 19.4. The molecular formula is C26H29N3O5. The van der Waals surface area contributed by atoms with Crippen molar-refractivity contribution in [3.63, 3.8) is 0 Å². The number of hydrogen-bond acceptors (Lipinski definition) is 6. The van der Waals surface area contributed by atoms with Crippen molar-refractivity contribution in [3.05, 3.63) is 83.8 Å². The van der Waals surface area contributed by atoms with Gasteiger partial charge in [-0.2, -0.15) is 0 Å². The Labute approximate surface area is 198 Å². The highest BCUT2D eigenvalue weighted by Crippen LogP contribution is 2.18. The number of anilines is 2. The molecule has 3 aromatic rings. The SMILES string of the molecule is CCCN(CC(=O)Nc1ccccc1C)C(=O)COC(=O)c1ccccc1NCc1ccco1. The average Bonchev–Trinajstić information content (AvgIpc) is 3.36. The molecule has 8 heteroatoms. The highest BCUT2D eigenvalue weighted by atomic mass is 16.5. The number of hydrogen-bond donors (Lipinski definition) is 2. The Morgan fingerprint density at radius 3 is 2.41 bits per heavy atom. The third kappa shape index (κ3) is 6.96. The molecule has 0 spiro atoms. The number of furan rings is 1. The van der Waals surface area contributed by atoms with Gasteiger partial charge in [-0.05, 0) is 49.2 Å². The number of ether oxygens (including phenoxy) is 1. The van der Waals surface area contributed by atoms with Gasteiger partial charge in [-0.25, -0.2) is 4.79 Å². The van der Waals surface area contributed by atoms with E-state index in [1.807, 2.05) is 38.1 Å². The summed E-state index contributed by atoms with van der Waals surface area (Å²) in [6.45, 7) is 4.00. The summed E-state index contributed by atoms with van der Waals surface area (Å²) in [4.78, 5) is 39.3. The standard InChI is InChI=1S/C26H29N3O5/c1-3-14-29(17-24(30)28-22-12-6-4-9-19(22)2)25(31)18-34-26(32)21-11-5-7-13-23(21)27-16-20-10-8-15-33-20/h4-13,15,27H,3,14,16-18H2,1-2H3,(H,28,30). The maximum Gasteiger partial charge on any atom is 0.340 e. The summed E-state index contributed by atoms with van der Waals surface area (Å²) in [5, 5.41) is 5.96. The van der Waals surface area contributed by atoms with Crippen LogP contribution in [-0.4, -0.2) is 42.4 Å². The lowest BCUT2D eigenvalue weighted by atomic mass is 10.2. The first-order chi connectivity index (χ1) is 16.5. The molecule has 0 unspecified atom stereocenters. The van der Waals surface area contributed by atoms with Crippen LogP contribution in [-0.2, 0) is 20.9 Å². The summed E-state index contributed by atoms with van der Waals surface area (Å²) in [5.41, 5.74) is 2.50. The van der Waals surface area contributed by atoms with E-state index in [-0.39, 0.29) is 12.5 Å². The quantitative estimate of drug-likeness (QED) is 0.413. The molecule has 0 saturated heterocycles. The van der Waals surface area contributed by atoms with Crippen LogP contribution in [0.4, 0.5) is 11.4 Å². The largest absolute Gasteiger partial charge is 0.467 e. The first-order valence-electron chi connectivity index (χ1n) is 11.1. The fourth-order valence-corrected chi connectivity index (χ4v) is 3.35. The zero-order chi connectivity index (χ0) is 24.3. The predicted octanol–water partition coefficient (Wildman–Crippen LogP) is 4.23. The Morgan fingerprint density at radius 2 is 1.71 bits per heavy atom. The fraction of sp³-hybridized carbons (Fsp3) is 0.269. The van der Waals surface area contributed by atoms with E-state index in [0.29, 0.717) is 36.4 Å². The van der Waals surface area contributed by atoms with Crippen LogP contribution in [0.3, 0.4) is 0 Å². The molecule has 178 valence electrons. The van der Waals surface area contributed by atoms with Gasteiger partial charge in [0.2, 0.25) is 5.91 Å². The molecule has 2 aromatic carbocycles. The van der Waals surface area contributed by atoms with Crippen LogP contribution in [0.5, 0.6) is 0 Å². The van der Waals surface area contributed by atoms with Crippen LogP contribution >= 0.6 is 0 Å². The van der Waals surface area contributed by atoms with Gasteiger partial charge in [0.1, 0.15) is 5.76 Å². The number of nitrogens with zero attached hydrogens (tertiary/aromatic N) is 1. The molecule has 0 aliphatic carbocycles. The minimum atomic E-state index is -0.628. The third-order valence-corrected chi connectivity index (χ3v) is 5.11. The molecule has 2 N–H and O–H groups in total. The summed E-state index contributed by atoms with van der Waals surface area (Å²) < 4.78 is 10.6. The molecule has 0 aliphatic rings. The van der Waals surface area contributed by atoms with E-state index < -0.39 is 18.5 Å². The molecule has 3 rings (SSSR count). The van der Waals surface area contributed by atoms with E-state index in [1.165, 1.54) is 4.90 Å². The maximum atomic E-state index is 12.7. The van der Waals surface area contributed by atoms with Gasteiger partial charge in [-0.15, -0.1) is 0 Å². The van der Waals surface area contributed by atoms with Crippen molar-refractivity contribution in [2.45, 2.75) is 26.8 Å². The van der Waals surface area contributed by atoms with Crippen LogP contribution in [0, 0.1) is 6.92 Å². The predicted molar refractivity (Wildman–Crippen MR) is 129 cm³/mol. The van der Waals surface area contributed by atoms with E-state index in [9.17, 15) is 14.4 Å². The number of para-hydroxylation sites is 2. The van der Waals surface area contributed by atoms with Crippen molar-refractivity contribution in [2.24, 2.45) is 0 Å². The summed E-state index contributed by atoms with van der Waals surface area (Å²) in [7, 11) is 0. The molecule has 0 saturated carbocycles. The topological polar surface area (TPSA) is 101 Å². The Hall–Kier alpha value is -4.07. The number of benzene rings is 2. The Bertz CT molecular complexity index is 1110. The number of aryl methyl sites for hydroxylation is 1. The molecule has 0 atom stereocenters. The van der Waals surface area contributed by atoms with Crippen molar-refractivity contribution in [1.82, 2.24) is 4.90 Å². The lowest BCUT2D eigenvalue weighted by Crippen LogP contribution is -2.40. The Balaban J connectivity index is 1.56. The van der Waals surface area contributed by atoms with Gasteiger partial charge >= 0.3 is 5.97 Å². The Morgan fingerprint density at radius 1 is 0.971 bits per heavy atom. The van der Waals surface area contributed by atoms with Crippen LogP contribution < -0.4 is 10.6 Å².